The van der Waals surface area contributed by atoms with E-state index in [1.165, 1.54) is 0 Å². The number of nitrogens with one attached hydrogen (secondary N) is 1. The molecule has 1 atom stereocenters. The van der Waals surface area contributed by atoms with E-state index in [2.05, 4.69) is 15.6 Å². The largest absolute Gasteiger partial charge is 0.375 e. The average molecular weight is 279 g/mol. The molecule has 3 heterocycles. The molecule has 0 radical (unpaired) electrons. The van der Waals surface area contributed by atoms with Gasteiger partial charge in [-0.2, -0.15) is 0 Å². The summed E-state index contributed by atoms with van der Waals surface area (Å²) in [5.41, 5.74) is 0.442. The van der Waals surface area contributed by atoms with Gasteiger partial charge in [-0.05, 0) is 32.9 Å². The van der Waals surface area contributed by atoms with Crippen molar-refractivity contribution in [2.24, 2.45) is 0 Å². The maximum atomic E-state index is 12.4. The van der Waals surface area contributed by atoms with Gasteiger partial charge in [-0.25, -0.2) is 4.68 Å². The first-order valence-electron chi connectivity index (χ1n) is 7.27. The summed E-state index contributed by atoms with van der Waals surface area (Å²) in [6, 6.07) is 0.355. The predicted molar refractivity (Wildman–Crippen MR) is 72.5 cm³/mol. The SMILES string of the molecule is CC1CN(C(=O)c2cn(C3CCNCC3)nn2)CCO1. The number of hydrogen-bond acceptors (Lipinski definition) is 5. The molecule has 0 spiro atoms. The molecule has 3 rings (SSSR count). The van der Waals surface area contributed by atoms with Crippen LogP contribution in [0.5, 0.6) is 0 Å². The van der Waals surface area contributed by atoms with E-state index in [4.69, 9.17) is 4.74 Å². The van der Waals surface area contributed by atoms with Crippen molar-refractivity contribution in [2.45, 2.75) is 31.9 Å². The van der Waals surface area contributed by atoms with Gasteiger partial charge in [0.25, 0.3) is 5.91 Å². The number of hydrogen-bond donors (Lipinski definition) is 1. The lowest BCUT2D eigenvalue weighted by Gasteiger charge is -2.30. The topological polar surface area (TPSA) is 72.3 Å². The molecule has 1 aromatic heterocycles. The van der Waals surface area contributed by atoms with Gasteiger partial charge < -0.3 is 15.0 Å². The van der Waals surface area contributed by atoms with Gasteiger partial charge in [0.1, 0.15) is 0 Å². The summed E-state index contributed by atoms with van der Waals surface area (Å²) in [4.78, 5) is 14.2. The van der Waals surface area contributed by atoms with E-state index >= 15 is 0 Å². The summed E-state index contributed by atoms with van der Waals surface area (Å²) >= 11 is 0. The molecule has 0 saturated carbocycles. The Morgan fingerprint density at radius 3 is 3.00 bits per heavy atom. The molecular weight excluding hydrogens is 258 g/mol. The van der Waals surface area contributed by atoms with Gasteiger partial charge >= 0.3 is 0 Å². The zero-order valence-electron chi connectivity index (χ0n) is 11.8. The fourth-order valence-corrected chi connectivity index (χ4v) is 2.79. The molecule has 0 aliphatic carbocycles. The van der Waals surface area contributed by atoms with E-state index < -0.39 is 0 Å². The molecule has 7 nitrogen and oxygen atoms in total. The lowest BCUT2D eigenvalue weighted by Crippen LogP contribution is -2.44. The highest BCUT2D eigenvalue weighted by atomic mass is 16.5. The minimum Gasteiger partial charge on any atom is -0.375 e. The van der Waals surface area contributed by atoms with Gasteiger partial charge in [0.05, 0.1) is 24.9 Å². The molecular formula is C13H21N5O2. The number of piperidine rings is 1. The zero-order chi connectivity index (χ0) is 13.9. The van der Waals surface area contributed by atoms with Gasteiger partial charge in [-0.15, -0.1) is 5.10 Å². The van der Waals surface area contributed by atoms with Crippen LogP contribution >= 0.6 is 0 Å². The predicted octanol–water partition coefficient (Wildman–Crippen LogP) is 0.0635. The highest BCUT2D eigenvalue weighted by Crippen LogP contribution is 2.17. The summed E-state index contributed by atoms with van der Waals surface area (Å²) in [5.74, 6) is -0.0414. The first-order valence-corrected chi connectivity index (χ1v) is 7.27. The van der Waals surface area contributed by atoms with Crippen LogP contribution < -0.4 is 5.32 Å². The maximum Gasteiger partial charge on any atom is 0.276 e. The molecule has 2 aliphatic rings. The third-order valence-electron chi connectivity index (χ3n) is 3.94. The number of amides is 1. The lowest BCUT2D eigenvalue weighted by molar-refractivity contribution is -0.0126. The molecule has 1 aromatic rings. The Balaban J connectivity index is 1.67. The van der Waals surface area contributed by atoms with Crippen LogP contribution in [0.1, 0.15) is 36.3 Å². The van der Waals surface area contributed by atoms with Crippen molar-refractivity contribution in [1.29, 1.82) is 0 Å². The maximum absolute atomic E-state index is 12.4. The van der Waals surface area contributed by atoms with Crippen LogP contribution in [0.25, 0.3) is 0 Å². The van der Waals surface area contributed by atoms with Gasteiger partial charge in [0, 0.05) is 13.1 Å². The van der Waals surface area contributed by atoms with Crippen LogP contribution in [0.2, 0.25) is 0 Å². The number of carbonyl (C=O) groups excluding carboxylic acids is 1. The second kappa shape index (κ2) is 5.88. The highest BCUT2D eigenvalue weighted by Gasteiger charge is 2.25. The van der Waals surface area contributed by atoms with E-state index in [0.717, 1.165) is 25.9 Å². The Bertz CT molecular complexity index is 469. The fraction of sp³-hybridized carbons (Fsp3) is 0.769. The van der Waals surface area contributed by atoms with Crippen LogP contribution in [-0.4, -0.2) is 64.7 Å². The van der Waals surface area contributed by atoms with Crippen molar-refractivity contribution < 1.29 is 9.53 Å². The Kier molecular flexibility index (Phi) is 3.98. The Labute approximate surface area is 118 Å². The van der Waals surface area contributed by atoms with Crippen molar-refractivity contribution in [3.05, 3.63) is 11.9 Å². The van der Waals surface area contributed by atoms with Crippen LogP contribution in [-0.2, 0) is 4.74 Å². The normalized spacial score (nSPS) is 24.9. The van der Waals surface area contributed by atoms with Crippen molar-refractivity contribution in [3.8, 4) is 0 Å². The molecule has 0 aromatic carbocycles. The molecule has 2 saturated heterocycles. The van der Waals surface area contributed by atoms with Crippen molar-refractivity contribution in [2.75, 3.05) is 32.8 Å². The Hall–Kier alpha value is -1.47. The molecule has 2 fully saturated rings. The minimum absolute atomic E-state index is 0.0414. The van der Waals surface area contributed by atoms with Gasteiger partial charge in [-0.1, -0.05) is 5.21 Å². The molecule has 1 amide bonds. The minimum atomic E-state index is -0.0414. The number of rotatable bonds is 2. The van der Waals surface area contributed by atoms with Gasteiger partial charge in [0.2, 0.25) is 0 Å². The fourth-order valence-electron chi connectivity index (χ4n) is 2.79. The summed E-state index contributed by atoms with van der Waals surface area (Å²) < 4.78 is 7.30. The van der Waals surface area contributed by atoms with Crippen LogP contribution in [0.4, 0.5) is 0 Å². The Morgan fingerprint density at radius 1 is 1.45 bits per heavy atom. The molecule has 1 unspecified atom stereocenters. The molecule has 20 heavy (non-hydrogen) atoms. The third-order valence-corrected chi connectivity index (χ3v) is 3.94. The summed E-state index contributed by atoms with van der Waals surface area (Å²) in [6.07, 6.45) is 3.95. The number of aromatic nitrogens is 3. The van der Waals surface area contributed by atoms with E-state index in [-0.39, 0.29) is 12.0 Å². The first-order chi connectivity index (χ1) is 9.74. The monoisotopic (exact) mass is 279 g/mol. The summed E-state index contributed by atoms with van der Waals surface area (Å²) in [5, 5.41) is 11.5. The highest BCUT2D eigenvalue weighted by molar-refractivity contribution is 5.92. The van der Waals surface area contributed by atoms with Crippen molar-refractivity contribution in [3.63, 3.8) is 0 Å². The molecule has 1 N–H and O–H groups in total. The second-order valence-electron chi connectivity index (χ2n) is 5.50. The molecule has 0 bridgehead atoms. The van der Waals surface area contributed by atoms with Crippen LogP contribution in [0.3, 0.4) is 0 Å². The van der Waals surface area contributed by atoms with Crippen molar-refractivity contribution in [1.82, 2.24) is 25.2 Å². The quantitative estimate of drug-likeness (QED) is 0.829. The smallest absolute Gasteiger partial charge is 0.276 e. The number of carbonyl (C=O) groups is 1. The summed E-state index contributed by atoms with van der Waals surface area (Å²) in [6.45, 7) is 5.81. The van der Waals surface area contributed by atoms with Crippen LogP contribution in [0, 0.1) is 0 Å². The molecule has 2 aliphatic heterocycles. The summed E-state index contributed by atoms with van der Waals surface area (Å²) in [7, 11) is 0. The van der Waals surface area contributed by atoms with Crippen molar-refractivity contribution >= 4 is 5.91 Å². The van der Waals surface area contributed by atoms with Gasteiger partial charge in [0.15, 0.2) is 5.69 Å². The Morgan fingerprint density at radius 2 is 2.25 bits per heavy atom. The lowest BCUT2D eigenvalue weighted by atomic mass is 10.1. The van der Waals surface area contributed by atoms with E-state index in [1.54, 1.807) is 11.1 Å². The zero-order valence-corrected chi connectivity index (χ0v) is 11.8. The number of ether oxygens (including phenoxy) is 1. The number of morpholine rings is 1. The average Bonchev–Trinajstić information content (AvgIpc) is 2.97. The molecule has 110 valence electrons. The van der Waals surface area contributed by atoms with Gasteiger partial charge in [-0.3, -0.25) is 4.79 Å². The van der Waals surface area contributed by atoms with E-state index in [0.29, 0.717) is 31.4 Å². The molecule has 7 heteroatoms. The van der Waals surface area contributed by atoms with E-state index in [9.17, 15) is 4.79 Å². The third kappa shape index (κ3) is 2.83. The first kappa shape index (κ1) is 13.5. The second-order valence-corrected chi connectivity index (χ2v) is 5.50. The standard InChI is InChI=1S/C13H21N5O2/c1-10-8-17(6-7-20-10)13(19)12-9-18(16-15-12)11-2-4-14-5-3-11/h9-11,14H,2-8H2,1H3. The van der Waals surface area contributed by atoms with E-state index in [1.807, 2.05) is 11.6 Å². The van der Waals surface area contributed by atoms with Crippen LogP contribution in [0.15, 0.2) is 6.20 Å². The number of nitrogens with zero attached hydrogens (tertiary/aromatic N) is 4.